The Bertz CT molecular complexity index is 442. The van der Waals surface area contributed by atoms with Crippen LogP contribution in [0.1, 0.15) is 46.0 Å². The zero-order valence-corrected chi connectivity index (χ0v) is 15.2. The Morgan fingerprint density at radius 2 is 1.91 bits per heavy atom. The molecule has 0 atom stereocenters. The summed E-state index contributed by atoms with van der Waals surface area (Å²) >= 11 is 0. The summed E-state index contributed by atoms with van der Waals surface area (Å²) in [6.45, 7) is 5.22. The zero-order valence-electron chi connectivity index (χ0n) is 14.4. The zero-order chi connectivity index (χ0) is 16.6. The lowest BCUT2D eigenvalue weighted by Crippen LogP contribution is -2.45. The molecule has 0 aromatic heterocycles. The first-order valence-electron chi connectivity index (χ1n) is 8.30. The predicted molar refractivity (Wildman–Crippen MR) is 92.6 cm³/mol. The van der Waals surface area contributed by atoms with Gasteiger partial charge in [0.25, 0.3) is 0 Å². The number of nitrogens with one attached hydrogen (secondary N) is 2. The Hall–Kier alpha value is -0.820. The summed E-state index contributed by atoms with van der Waals surface area (Å²) in [5, 5.41) is 6.73. The van der Waals surface area contributed by atoms with Gasteiger partial charge in [-0.2, -0.15) is 0 Å². The maximum absolute atomic E-state index is 11.6. The van der Waals surface area contributed by atoms with Gasteiger partial charge >= 0.3 is 0 Å². The molecule has 6 nitrogen and oxygen atoms in total. The molecule has 1 aliphatic rings. The number of aliphatic imine (C=N–C) groups is 1. The lowest BCUT2D eigenvalue weighted by molar-refractivity contribution is 0.329. The van der Waals surface area contributed by atoms with Gasteiger partial charge in [-0.15, -0.1) is 0 Å². The van der Waals surface area contributed by atoms with Crippen molar-refractivity contribution in [2.24, 2.45) is 10.9 Å². The SMILES string of the molecule is CCS(=O)(=O)N(C)CCCNC(=NC)NC1CCC(C)CC1. The van der Waals surface area contributed by atoms with Crippen LogP contribution in [0.4, 0.5) is 0 Å². The van der Waals surface area contributed by atoms with Crippen LogP contribution in [0.15, 0.2) is 4.99 Å². The number of rotatable bonds is 7. The van der Waals surface area contributed by atoms with Crippen LogP contribution in [-0.4, -0.2) is 57.7 Å². The molecule has 22 heavy (non-hydrogen) atoms. The van der Waals surface area contributed by atoms with E-state index < -0.39 is 10.0 Å². The highest BCUT2D eigenvalue weighted by Gasteiger charge is 2.19. The number of sulfonamides is 1. The fraction of sp³-hybridized carbons (Fsp3) is 0.933. The van der Waals surface area contributed by atoms with Gasteiger partial charge in [-0.25, -0.2) is 12.7 Å². The van der Waals surface area contributed by atoms with Crippen LogP contribution in [-0.2, 0) is 10.0 Å². The van der Waals surface area contributed by atoms with Crippen LogP contribution in [0.2, 0.25) is 0 Å². The fourth-order valence-corrected chi connectivity index (χ4v) is 3.51. The Kier molecular flexibility index (Phi) is 8.17. The monoisotopic (exact) mass is 332 g/mol. The van der Waals surface area contributed by atoms with Gasteiger partial charge in [0, 0.05) is 33.2 Å². The van der Waals surface area contributed by atoms with E-state index in [0.717, 1.165) is 18.3 Å². The molecule has 0 spiro atoms. The van der Waals surface area contributed by atoms with E-state index in [4.69, 9.17) is 0 Å². The highest BCUT2D eigenvalue weighted by atomic mass is 32.2. The second kappa shape index (κ2) is 9.35. The minimum atomic E-state index is -3.07. The highest BCUT2D eigenvalue weighted by Crippen LogP contribution is 2.23. The van der Waals surface area contributed by atoms with E-state index in [2.05, 4.69) is 22.5 Å². The highest BCUT2D eigenvalue weighted by molar-refractivity contribution is 7.89. The van der Waals surface area contributed by atoms with Gasteiger partial charge in [0.2, 0.25) is 10.0 Å². The van der Waals surface area contributed by atoms with Crippen LogP contribution in [0.5, 0.6) is 0 Å². The summed E-state index contributed by atoms with van der Waals surface area (Å²) in [5.41, 5.74) is 0. The van der Waals surface area contributed by atoms with E-state index in [1.807, 2.05) is 0 Å². The second-order valence-electron chi connectivity index (χ2n) is 6.18. The minimum absolute atomic E-state index is 0.153. The van der Waals surface area contributed by atoms with Crippen molar-refractivity contribution in [1.29, 1.82) is 0 Å². The first-order chi connectivity index (χ1) is 10.4. The van der Waals surface area contributed by atoms with E-state index in [1.54, 1.807) is 21.0 Å². The van der Waals surface area contributed by atoms with Gasteiger partial charge in [0.05, 0.1) is 5.75 Å². The van der Waals surface area contributed by atoms with Crippen molar-refractivity contribution >= 4 is 16.0 Å². The first kappa shape index (κ1) is 19.2. The molecular weight excluding hydrogens is 300 g/mol. The summed E-state index contributed by atoms with van der Waals surface area (Å²) in [4.78, 5) is 4.25. The summed E-state index contributed by atoms with van der Waals surface area (Å²) in [5.74, 6) is 1.81. The first-order valence-corrected chi connectivity index (χ1v) is 9.91. The summed E-state index contributed by atoms with van der Waals surface area (Å²) in [7, 11) is 0.334. The van der Waals surface area contributed by atoms with E-state index in [-0.39, 0.29) is 5.75 Å². The van der Waals surface area contributed by atoms with Crippen molar-refractivity contribution in [3.63, 3.8) is 0 Å². The van der Waals surface area contributed by atoms with Crippen LogP contribution in [0, 0.1) is 5.92 Å². The smallest absolute Gasteiger partial charge is 0.213 e. The molecule has 0 bridgehead atoms. The van der Waals surface area contributed by atoms with Gasteiger partial charge < -0.3 is 10.6 Å². The van der Waals surface area contributed by atoms with Crippen molar-refractivity contribution in [3.8, 4) is 0 Å². The quantitative estimate of drug-likeness (QED) is 0.420. The average Bonchev–Trinajstić information content (AvgIpc) is 2.51. The van der Waals surface area contributed by atoms with Gasteiger partial charge in [-0.1, -0.05) is 6.92 Å². The molecule has 0 aromatic carbocycles. The Morgan fingerprint density at radius 1 is 1.27 bits per heavy atom. The van der Waals surface area contributed by atoms with Crippen LogP contribution in [0.25, 0.3) is 0 Å². The average molecular weight is 333 g/mol. The number of hydrogen-bond donors (Lipinski definition) is 2. The molecule has 0 saturated heterocycles. The summed E-state index contributed by atoms with van der Waals surface area (Å²) in [6, 6.07) is 0.505. The molecule has 2 N–H and O–H groups in total. The third-order valence-corrected chi connectivity index (χ3v) is 6.22. The fourth-order valence-electron chi connectivity index (χ4n) is 2.66. The lowest BCUT2D eigenvalue weighted by atomic mass is 9.87. The van der Waals surface area contributed by atoms with E-state index in [9.17, 15) is 8.42 Å². The molecule has 1 rings (SSSR count). The Balaban J connectivity index is 2.25. The third-order valence-electron chi connectivity index (χ3n) is 4.36. The standard InChI is InChI=1S/C15H32N4O2S/c1-5-22(20,21)19(4)12-6-11-17-15(16-3)18-14-9-7-13(2)8-10-14/h13-14H,5-12H2,1-4H3,(H2,16,17,18). The summed E-state index contributed by atoms with van der Waals surface area (Å²) < 4.78 is 24.7. The molecule has 130 valence electrons. The molecular formula is C15H32N4O2S. The molecule has 1 saturated carbocycles. The molecule has 0 aromatic rings. The molecule has 1 aliphatic carbocycles. The van der Waals surface area contributed by atoms with E-state index in [1.165, 1.54) is 30.0 Å². The normalized spacial score (nSPS) is 23.6. The predicted octanol–water partition coefficient (Wildman–Crippen LogP) is 1.40. The van der Waals surface area contributed by atoms with Crippen molar-refractivity contribution in [3.05, 3.63) is 0 Å². The second-order valence-corrected chi connectivity index (χ2v) is 8.54. The number of hydrogen-bond acceptors (Lipinski definition) is 3. The maximum atomic E-state index is 11.6. The van der Waals surface area contributed by atoms with Crippen LogP contribution in [0.3, 0.4) is 0 Å². The van der Waals surface area contributed by atoms with Gasteiger partial charge in [0.1, 0.15) is 0 Å². The van der Waals surface area contributed by atoms with Crippen LogP contribution >= 0.6 is 0 Å². The van der Waals surface area contributed by atoms with Gasteiger partial charge in [0.15, 0.2) is 5.96 Å². The number of nitrogens with zero attached hydrogens (tertiary/aromatic N) is 2. The van der Waals surface area contributed by atoms with E-state index in [0.29, 0.717) is 19.1 Å². The summed E-state index contributed by atoms with van der Waals surface area (Å²) in [6.07, 6.45) is 5.69. The van der Waals surface area contributed by atoms with Gasteiger partial charge in [-0.3, -0.25) is 4.99 Å². The Labute approximate surface area is 135 Å². The maximum Gasteiger partial charge on any atom is 0.213 e. The molecule has 0 amide bonds. The van der Waals surface area contributed by atoms with Crippen molar-refractivity contribution < 1.29 is 8.42 Å². The largest absolute Gasteiger partial charge is 0.356 e. The van der Waals surface area contributed by atoms with Crippen molar-refractivity contribution in [2.75, 3.05) is 32.9 Å². The topological polar surface area (TPSA) is 73.8 Å². The molecule has 0 heterocycles. The molecule has 1 fully saturated rings. The van der Waals surface area contributed by atoms with Crippen LogP contribution < -0.4 is 10.6 Å². The minimum Gasteiger partial charge on any atom is -0.356 e. The third kappa shape index (κ3) is 6.52. The van der Waals surface area contributed by atoms with E-state index >= 15 is 0 Å². The molecule has 0 aliphatic heterocycles. The van der Waals surface area contributed by atoms with Crippen molar-refractivity contribution in [1.82, 2.24) is 14.9 Å². The number of guanidine groups is 1. The molecule has 0 unspecified atom stereocenters. The lowest BCUT2D eigenvalue weighted by Gasteiger charge is -2.28. The molecule has 7 heteroatoms. The van der Waals surface area contributed by atoms with Gasteiger partial charge in [-0.05, 0) is 44.9 Å². The molecule has 0 radical (unpaired) electrons. The Morgan fingerprint density at radius 3 is 2.45 bits per heavy atom. The van der Waals surface area contributed by atoms with Crippen molar-refractivity contribution in [2.45, 2.75) is 52.0 Å².